The lowest BCUT2D eigenvalue weighted by Gasteiger charge is -2.00. The van der Waals surface area contributed by atoms with E-state index >= 15 is 0 Å². The minimum absolute atomic E-state index is 0.0478. The topological polar surface area (TPSA) is 43.1 Å². The molecule has 0 saturated carbocycles. The second-order valence-electron chi connectivity index (χ2n) is 3.32. The Kier molecular flexibility index (Phi) is 3.31. The monoisotopic (exact) mass is 209 g/mol. The summed E-state index contributed by atoms with van der Waals surface area (Å²) in [4.78, 5) is 11.5. The first kappa shape index (κ1) is 10.8. The van der Waals surface area contributed by atoms with Gasteiger partial charge in [-0.3, -0.25) is 4.79 Å². The van der Waals surface area contributed by atoms with E-state index in [1.54, 1.807) is 24.3 Å². The zero-order valence-electron chi connectivity index (χ0n) is 8.17. The van der Waals surface area contributed by atoms with Crippen molar-refractivity contribution in [2.45, 2.75) is 13.8 Å². The van der Waals surface area contributed by atoms with Gasteiger partial charge < -0.3 is 5.73 Å². The van der Waals surface area contributed by atoms with E-state index in [0.717, 1.165) is 5.57 Å². The van der Waals surface area contributed by atoms with E-state index in [0.29, 0.717) is 16.3 Å². The van der Waals surface area contributed by atoms with Crippen molar-refractivity contribution < 1.29 is 4.79 Å². The fraction of sp³-hybridized carbons (Fsp3) is 0.182. The molecule has 1 aromatic rings. The Morgan fingerprint density at radius 1 is 1.43 bits per heavy atom. The number of ketones is 1. The minimum atomic E-state index is -0.0478. The van der Waals surface area contributed by atoms with Crippen LogP contribution >= 0.6 is 11.6 Å². The largest absolute Gasteiger partial charge is 0.398 e. The van der Waals surface area contributed by atoms with Gasteiger partial charge in [-0.1, -0.05) is 17.2 Å². The lowest BCUT2D eigenvalue weighted by molar-refractivity contribution is 0.104. The van der Waals surface area contributed by atoms with Gasteiger partial charge in [-0.2, -0.15) is 0 Å². The molecule has 2 nitrogen and oxygen atoms in total. The third kappa shape index (κ3) is 2.60. The van der Waals surface area contributed by atoms with E-state index in [2.05, 4.69) is 0 Å². The van der Waals surface area contributed by atoms with Crippen LogP contribution in [0.3, 0.4) is 0 Å². The number of anilines is 1. The van der Waals surface area contributed by atoms with Crippen LogP contribution in [-0.4, -0.2) is 5.78 Å². The summed E-state index contributed by atoms with van der Waals surface area (Å²) >= 11 is 5.74. The van der Waals surface area contributed by atoms with Crippen molar-refractivity contribution in [2.24, 2.45) is 0 Å². The van der Waals surface area contributed by atoms with Crippen molar-refractivity contribution in [3.05, 3.63) is 40.4 Å². The van der Waals surface area contributed by atoms with Gasteiger partial charge in [-0.05, 0) is 38.1 Å². The molecule has 2 N–H and O–H groups in total. The first-order valence-electron chi connectivity index (χ1n) is 4.25. The predicted octanol–water partition coefficient (Wildman–Crippen LogP) is 3.07. The molecule has 0 aliphatic heterocycles. The van der Waals surface area contributed by atoms with Gasteiger partial charge >= 0.3 is 0 Å². The normalized spacial score (nSPS) is 9.64. The number of rotatable bonds is 2. The van der Waals surface area contributed by atoms with Crippen molar-refractivity contribution in [2.75, 3.05) is 5.73 Å². The summed E-state index contributed by atoms with van der Waals surface area (Å²) in [6.07, 6.45) is 1.57. The quantitative estimate of drug-likeness (QED) is 0.462. The molecule has 74 valence electrons. The number of allylic oxidation sites excluding steroid dienone is 2. The molecule has 0 unspecified atom stereocenters. The molecule has 0 aliphatic rings. The van der Waals surface area contributed by atoms with Crippen molar-refractivity contribution >= 4 is 23.1 Å². The van der Waals surface area contributed by atoms with Gasteiger partial charge in [-0.15, -0.1) is 0 Å². The van der Waals surface area contributed by atoms with E-state index in [4.69, 9.17) is 17.3 Å². The Labute approximate surface area is 88.4 Å². The van der Waals surface area contributed by atoms with Crippen LogP contribution in [0.5, 0.6) is 0 Å². The smallest absolute Gasteiger partial charge is 0.185 e. The molecule has 0 heterocycles. The Bertz CT molecular complexity index is 392. The van der Waals surface area contributed by atoms with Crippen molar-refractivity contribution in [1.29, 1.82) is 0 Å². The second kappa shape index (κ2) is 4.29. The first-order valence-corrected chi connectivity index (χ1v) is 4.63. The van der Waals surface area contributed by atoms with Crippen LogP contribution in [0.4, 0.5) is 5.69 Å². The molecule has 14 heavy (non-hydrogen) atoms. The molecule has 0 radical (unpaired) electrons. The number of benzene rings is 1. The van der Waals surface area contributed by atoms with Gasteiger partial charge in [0.15, 0.2) is 5.78 Å². The summed E-state index contributed by atoms with van der Waals surface area (Å²) < 4.78 is 0. The molecule has 3 heteroatoms. The number of halogens is 1. The third-order valence-electron chi connectivity index (χ3n) is 1.70. The fourth-order valence-corrected chi connectivity index (χ4v) is 1.16. The lowest BCUT2D eigenvalue weighted by atomic mass is 10.1. The summed E-state index contributed by atoms with van der Waals surface area (Å²) in [5, 5.41) is 0.471. The van der Waals surface area contributed by atoms with Gasteiger partial charge in [0.1, 0.15) is 0 Å². The van der Waals surface area contributed by atoms with Gasteiger partial charge in [0, 0.05) is 5.56 Å². The number of nitrogen functional groups attached to an aromatic ring is 1. The van der Waals surface area contributed by atoms with E-state index in [-0.39, 0.29) is 5.78 Å². The SMILES string of the molecule is CC(C)=CC(=O)c1ccc(Cl)c(N)c1. The average molecular weight is 210 g/mol. The first-order chi connectivity index (χ1) is 6.50. The number of hydrogen-bond donors (Lipinski definition) is 1. The van der Waals surface area contributed by atoms with Crippen molar-refractivity contribution in [3.8, 4) is 0 Å². The minimum Gasteiger partial charge on any atom is -0.398 e. The summed E-state index contributed by atoms with van der Waals surface area (Å²) in [5.74, 6) is -0.0478. The zero-order valence-corrected chi connectivity index (χ0v) is 8.93. The summed E-state index contributed by atoms with van der Waals surface area (Å²) in [6.45, 7) is 3.74. The van der Waals surface area contributed by atoms with Crippen LogP contribution in [0.2, 0.25) is 5.02 Å². The Hall–Kier alpha value is -1.28. The maximum absolute atomic E-state index is 11.5. The summed E-state index contributed by atoms with van der Waals surface area (Å²) in [6, 6.07) is 4.88. The molecule has 1 aromatic carbocycles. The molecule has 0 aromatic heterocycles. The fourth-order valence-electron chi connectivity index (χ4n) is 1.04. The summed E-state index contributed by atoms with van der Waals surface area (Å²) in [5.41, 5.74) is 7.54. The van der Waals surface area contributed by atoms with Crippen LogP contribution in [0, 0.1) is 0 Å². The van der Waals surface area contributed by atoms with Gasteiger partial charge in [0.25, 0.3) is 0 Å². The molecular weight excluding hydrogens is 198 g/mol. The van der Waals surface area contributed by atoms with Gasteiger partial charge in [-0.25, -0.2) is 0 Å². The number of nitrogens with two attached hydrogens (primary N) is 1. The maximum atomic E-state index is 11.5. The highest BCUT2D eigenvalue weighted by atomic mass is 35.5. The Morgan fingerprint density at radius 2 is 2.07 bits per heavy atom. The number of carbonyl (C=O) groups is 1. The number of carbonyl (C=O) groups excluding carboxylic acids is 1. The van der Waals surface area contributed by atoms with E-state index in [9.17, 15) is 4.79 Å². The van der Waals surface area contributed by atoms with Crippen LogP contribution < -0.4 is 5.73 Å². The van der Waals surface area contributed by atoms with Gasteiger partial charge in [0.2, 0.25) is 0 Å². The molecule has 1 rings (SSSR count). The predicted molar refractivity (Wildman–Crippen MR) is 59.6 cm³/mol. The van der Waals surface area contributed by atoms with Crippen LogP contribution in [0.1, 0.15) is 24.2 Å². The Balaban J connectivity index is 3.03. The third-order valence-corrected chi connectivity index (χ3v) is 2.04. The van der Waals surface area contributed by atoms with E-state index in [1.807, 2.05) is 13.8 Å². The highest BCUT2D eigenvalue weighted by Gasteiger charge is 2.04. The second-order valence-corrected chi connectivity index (χ2v) is 3.73. The Morgan fingerprint density at radius 3 is 2.57 bits per heavy atom. The maximum Gasteiger partial charge on any atom is 0.185 e. The van der Waals surface area contributed by atoms with Crippen LogP contribution in [0.25, 0.3) is 0 Å². The molecule has 0 saturated heterocycles. The van der Waals surface area contributed by atoms with E-state index in [1.165, 1.54) is 0 Å². The zero-order chi connectivity index (χ0) is 10.7. The average Bonchev–Trinajstić information content (AvgIpc) is 2.08. The number of hydrogen-bond acceptors (Lipinski definition) is 2. The van der Waals surface area contributed by atoms with Gasteiger partial charge in [0.05, 0.1) is 10.7 Å². The molecule has 0 fully saturated rings. The van der Waals surface area contributed by atoms with Crippen molar-refractivity contribution in [3.63, 3.8) is 0 Å². The molecule has 0 aliphatic carbocycles. The van der Waals surface area contributed by atoms with Crippen molar-refractivity contribution in [1.82, 2.24) is 0 Å². The summed E-state index contributed by atoms with van der Waals surface area (Å²) in [7, 11) is 0. The van der Waals surface area contributed by atoms with E-state index < -0.39 is 0 Å². The van der Waals surface area contributed by atoms with Crippen LogP contribution in [-0.2, 0) is 0 Å². The highest BCUT2D eigenvalue weighted by Crippen LogP contribution is 2.20. The highest BCUT2D eigenvalue weighted by molar-refractivity contribution is 6.33. The molecule has 0 spiro atoms. The molecule has 0 amide bonds. The lowest BCUT2D eigenvalue weighted by Crippen LogP contribution is -1.97. The standard InChI is InChI=1S/C11H12ClNO/c1-7(2)5-11(14)8-3-4-9(12)10(13)6-8/h3-6H,13H2,1-2H3. The molecule has 0 bridgehead atoms. The molecular formula is C11H12ClNO. The van der Waals surface area contributed by atoms with Crippen LogP contribution in [0.15, 0.2) is 29.8 Å². The molecule has 0 atom stereocenters.